The number of carbonyl (C=O) groups excluding carboxylic acids is 1. The van der Waals surface area contributed by atoms with Crippen molar-refractivity contribution in [3.8, 4) is 10.6 Å². The van der Waals surface area contributed by atoms with Crippen LogP contribution in [0.2, 0.25) is 0 Å². The Morgan fingerprint density at radius 2 is 1.89 bits per heavy atom. The van der Waals surface area contributed by atoms with Crippen LogP contribution in [0, 0.1) is 5.82 Å². The minimum Gasteiger partial charge on any atom is -0.300 e. The molecule has 0 aliphatic carbocycles. The SMILES string of the molecule is C[C@@H](Sc1nc2ccccc2s1)C(=O)Nc1nnc(-c2ccc(F)cc2)s1. The van der Waals surface area contributed by atoms with E-state index < -0.39 is 0 Å². The third-order valence-corrected chi connectivity index (χ3v) is 6.79. The van der Waals surface area contributed by atoms with Crippen LogP contribution in [0.3, 0.4) is 0 Å². The summed E-state index contributed by atoms with van der Waals surface area (Å²) in [4.78, 5) is 17.0. The van der Waals surface area contributed by atoms with E-state index in [0.29, 0.717) is 10.1 Å². The van der Waals surface area contributed by atoms with Gasteiger partial charge >= 0.3 is 0 Å². The highest BCUT2D eigenvalue weighted by atomic mass is 32.2. The second kappa shape index (κ2) is 7.71. The highest BCUT2D eigenvalue weighted by Gasteiger charge is 2.19. The Morgan fingerprint density at radius 1 is 1.11 bits per heavy atom. The molecule has 0 radical (unpaired) electrons. The Hall–Kier alpha value is -2.36. The highest BCUT2D eigenvalue weighted by Crippen LogP contribution is 2.33. The first-order chi connectivity index (χ1) is 13.1. The number of rotatable bonds is 5. The molecule has 2 heterocycles. The molecule has 4 aromatic rings. The van der Waals surface area contributed by atoms with Crippen molar-refractivity contribution in [1.82, 2.24) is 15.2 Å². The van der Waals surface area contributed by atoms with Crippen LogP contribution in [0.1, 0.15) is 6.92 Å². The summed E-state index contributed by atoms with van der Waals surface area (Å²) in [7, 11) is 0. The van der Waals surface area contributed by atoms with Crippen LogP contribution < -0.4 is 5.32 Å². The van der Waals surface area contributed by atoms with Crippen LogP contribution in [0.25, 0.3) is 20.8 Å². The molecule has 27 heavy (non-hydrogen) atoms. The summed E-state index contributed by atoms with van der Waals surface area (Å²) in [6.07, 6.45) is 0. The molecular formula is C18H13FN4OS3. The first-order valence-corrected chi connectivity index (χ1v) is 10.5. The molecule has 4 rings (SSSR count). The van der Waals surface area contributed by atoms with Gasteiger partial charge in [-0.2, -0.15) is 0 Å². The van der Waals surface area contributed by atoms with E-state index in [1.807, 2.05) is 31.2 Å². The Bertz CT molecular complexity index is 1060. The van der Waals surface area contributed by atoms with Crippen LogP contribution in [0.5, 0.6) is 0 Å². The summed E-state index contributed by atoms with van der Waals surface area (Å²) < 4.78 is 15.0. The number of hydrogen-bond acceptors (Lipinski definition) is 7. The maximum absolute atomic E-state index is 13.0. The van der Waals surface area contributed by atoms with Gasteiger partial charge in [0.2, 0.25) is 11.0 Å². The van der Waals surface area contributed by atoms with Gasteiger partial charge in [0.05, 0.1) is 15.5 Å². The molecule has 0 fully saturated rings. The monoisotopic (exact) mass is 416 g/mol. The lowest BCUT2D eigenvalue weighted by atomic mass is 10.2. The summed E-state index contributed by atoms with van der Waals surface area (Å²) in [5.41, 5.74) is 1.69. The number of anilines is 1. The number of thioether (sulfide) groups is 1. The molecule has 0 spiro atoms. The van der Waals surface area contributed by atoms with Gasteiger partial charge in [-0.15, -0.1) is 21.5 Å². The van der Waals surface area contributed by atoms with Gasteiger partial charge < -0.3 is 0 Å². The summed E-state index contributed by atoms with van der Waals surface area (Å²) >= 11 is 4.23. The summed E-state index contributed by atoms with van der Waals surface area (Å²) in [6, 6.07) is 13.9. The number of fused-ring (bicyclic) bond motifs is 1. The van der Waals surface area contributed by atoms with Crippen LogP contribution >= 0.6 is 34.4 Å². The Morgan fingerprint density at radius 3 is 2.67 bits per heavy atom. The predicted octanol–water partition coefficient (Wildman–Crippen LogP) is 5.07. The topological polar surface area (TPSA) is 67.8 Å². The van der Waals surface area contributed by atoms with Crippen molar-refractivity contribution in [1.29, 1.82) is 0 Å². The van der Waals surface area contributed by atoms with Crippen LogP contribution in [0.4, 0.5) is 9.52 Å². The largest absolute Gasteiger partial charge is 0.300 e. The zero-order valence-corrected chi connectivity index (χ0v) is 16.5. The molecule has 0 bridgehead atoms. The third kappa shape index (κ3) is 4.15. The van der Waals surface area contributed by atoms with E-state index in [2.05, 4.69) is 20.5 Å². The first-order valence-electron chi connectivity index (χ1n) is 8.01. The van der Waals surface area contributed by atoms with Gasteiger partial charge in [-0.1, -0.05) is 35.2 Å². The van der Waals surface area contributed by atoms with Gasteiger partial charge in [0.25, 0.3) is 0 Å². The number of para-hydroxylation sites is 1. The van der Waals surface area contributed by atoms with Gasteiger partial charge in [0, 0.05) is 5.56 Å². The molecule has 2 aromatic heterocycles. The number of carbonyl (C=O) groups is 1. The number of thiazole rings is 1. The average Bonchev–Trinajstić information content (AvgIpc) is 3.28. The van der Waals surface area contributed by atoms with E-state index in [-0.39, 0.29) is 17.0 Å². The first kappa shape index (κ1) is 18.0. The molecule has 1 atom stereocenters. The maximum Gasteiger partial charge on any atom is 0.239 e. The molecule has 5 nitrogen and oxygen atoms in total. The number of benzene rings is 2. The lowest BCUT2D eigenvalue weighted by Crippen LogP contribution is -2.22. The molecule has 0 aliphatic heterocycles. The number of halogens is 1. The lowest BCUT2D eigenvalue weighted by molar-refractivity contribution is -0.115. The van der Waals surface area contributed by atoms with E-state index in [1.54, 1.807) is 23.5 Å². The summed E-state index contributed by atoms with van der Waals surface area (Å²) in [5, 5.41) is 11.5. The minimum atomic E-state index is -0.330. The van der Waals surface area contributed by atoms with Gasteiger partial charge in [-0.25, -0.2) is 9.37 Å². The van der Waals surface area contributed by atoms with E-state index in [0.717, 1.165) is 20.1 Å². The number of nitrogens with zero attached hydrogens (tertiary/aromatic N) is 3. The second-order valence-electron chi connectivity index (χ2n) is 5.62. The van der Waals surface area contributed by atoms with Crippen molar-refractivity contribution >= 4 is 55.7 Å². The molecule has 0 aliphatic rings. The van der Waals surface area contributed by atoms with Crippen molar-refractivity contribution in [2.45, 2.75) is 16.5 Å². The summed E-state index contributed by atoms with van der Waals surface area (Å²) in [6.45, 7) is 1.83. The third-order valence-electron chi connectivity index (χ3n) is 3.67. The number of aromatic nitrogens is 3. The van der Waals surface area contributed by atoms with Crippen molar-refractivity contribution in [3.05, 3.63) is 54.3 Å². The number of amides is 1. The number of hydrogen-bond donors (Lipinski definition) is 1. The molecule has 1 N–H and O–H groups in total. The fourth-order valence-corrected chi connectivity index (χ4v) is 5.26. The Labute approximate surface area is 166 Å². The molecule has 0 unspecified atom stereocenters. The standard InChI is InChI=1S/C18H13FN4OS3/c1-10(25-18-20-13-4-2-3-5-14(13)26-18)15(24)21-17-23-22-16(27-17)11-6-8-12(19)9-7-11/h2-10H,1H3,(H,21,23,24)/t10-/m1/s1. The summed E-state index contributed by atoms with van der Waals surface area (Å²) in [5.74, 6) is -0.474. The molecule has 1 amide bonds. The fourth-order valence-electron chi connectivity index (χ4n) is 2.30. The van der Waals surface area contributed by atoms with E-state index in [9.17, 15) is 9.18 Å². The van der Waals surface area contributed by atoms with Crippen LogP contribution in [-0.4, -0.2) is 26.3 Å². The Kier molecular flexibility index (Phi) is 5.15. The maximum atomic E-state index is 13.0. The smallest absolute Gasteiger partial charge is 0.239 e. The van der Waals surface area contributed by atoms with E-state index in [1.165, 1.54) is 35.2 Å². The average molecular weight is 417 g/mol. The predicted molar refractivity (Wildman–Crippen MR) is 109 cm³/mol. The molecule has 136 valence electrons. The Balaban J connectivity index is 1.41. The van der Waals surface area contributed by atoms with E-state index >= 15 is 0 Å². The normalized spacial score (nSPS) is 12.2. The zero-order valence-electron chi connectivity index (χ0n) is 14.0. The highest BCUT2D eigenvalue weighted by molar-refractivity contribution is 8.02. The molecule has 0 saturated heterocycles. The number of nitrogens with one attached hydrogen (secondary N) is 1. The van der Waals surface area contributed by atoms with Crippen molar-refractivity contribution < 1.29 is 9.18 Å². The minimum absolute atomic E-state index is 0.166. The fraction of sp³-hybridized carbons (Fsp3) is 0.111. The van der Waals surface area contributed by atoms with Crippen LogP contribution in [0.15, 0.2) is 52.9 Å². The zero-order chi connectivity index (χ0) is 18.8. The van der Waals surface area contributed by atoms with Crippen molar-refractivity contribution in [3.63, 3.8) is 0 Å². The quantitative estimate of drug-likeness (QED) is 0.460. The second-order valence-corrected chi connectivity index (χ2v) is 9.21. The molecule has 9 heteroatoms. The lowest BCUT2D eigenvalue weighted by Gasteiger charge is -2.07. The van der Waals surface area contributed by atoms with Crippen LogP contribution in [-0.2, 0) is 4.79 Å². The van der Waals surface area contributed by atoms with E-state index in [4.69, 9.17) is 0 Å². The van der Waals surface area contributed by atoms with Gasteiger partial charge in [-0.05, 0) is 43.3 Å². The molecular weight excluding hydrogens is 403 g/mol. The van der Waals surface area contributed by atoms with Gasteiger partial charge in [-0.3, -0.25) is 10.1 Å². The molecule has 2 aromatic carbocycles. The molecule has 0 saturated carbocycles. The van der Waals surface area contributed by atoms with Crippen molar-refractivity contribution in [2.24, 2.45) is 0 Å². The van der Waals surface area contributed by atoms with Gasteiger partial charge in [0.15, 0.2) is 4.34 Å². The van der Waals surface area contributed by atoms with Crippen molar-refractivity contribution in [2.75, 3.05) is 5.32 Å². The van der Waals surface area contributed by atoms with Gasteiger partial charge in [0.1, 0.15) is 10.8 Å².